The Balaban J connectivity index is 1.63. The van der Waals surface area contributed by atoms with E-state index in [1.807, 2.05) is 25.1 Å². The molecule has 1 aromatic heterocycles. The number of carbonyl (C=O) groups excluding carboxylic acids is 1. The van der Waals surface area contributed by atoms with Gasteiger partial charge in [-0.3, -0.25) is 4.90 Å². The van der Waals surface area contributed by atoms with Crippen LogP contribution in [0, 0.1) is 5.92 Å². The Kier molecular flexibility index (Phi) is 3.50. The largest absolute Gasteiger partial charge is 0.477 e. The highest BCUT2D eigenvalue weighted by Gasteiger charge is 2.54. The molecule has 1 aliphatic heterocycles. The Hall–Kier alpha value is -2.54. The highest BCUT2D eigenvalue weighted by molar-refractivity contribution is 5.95. The van der Waals surface area contributed by atoms with Gasteiger partial charge in [0.05, 0.1) is 18.1 Å². The van der Waals surface area contributed by atoms with Gasteiger partial charge in [-0.2, -0.15) is 0 Å². The van der Waals surface area contributed by atoms with Crippen LogP contribution in [0.3, 0.4) is 0 Å². The van der Waals surface area contributed by atoms with Crippen LogP contribution in [0.5, 0.6) is 0 Å². The number of fused-ring (bicyclic) bond motifs is 1. The molecule has 1 atom stereocenters. The van der Waals surface area contributed by atoms with Gasteiger partial charge in [-0.05, 0) is 43.9 Å². The number of aromatic amines is 1. The maximum atomic E-state index is 12.4. The van der Waals surface area contributed by atoms with Crippen LogP contribution in [0.2, 0.25) is 0 Å². The van der Waals surface area contributed by atoms with E-state index in [2.05, 4.69) is 4.98 Å². The fourth-order valence-corrected chi connectivity index (χ4v) is 4.13. The number of carboxylic acids is 1. The van der Waals surface area contributed by atoms with Crippen LogP contribution in [-0.4, -0.2) is 45.7 Å². The Bertz CT molecular complexity index is 853. The molecular formula is C18H21N3O4. The van der Waals surface area contributed by atoms with Gasteiger partial charge < -0.3 is 20.6 Å². The molecule has 132 valence electrons. The zero-order valence-electron chi connectivity index (χ0n) is 14.0. The van der Waals surface area contributed by atoms with Crippen molar-refractivity contribution < 1.29 is 19.4 Å². The number of nitrogens with two attached hydrogens (primary N) is 1. The van der Waals surface area contributed by atoms with Gasteiger partial charge in [-0.25, -0.2) is 9.59 Å². The molecule has 4 N–H and O–H groups in total. The Morgan fingerprint density at radius 2 is 2.28 bits per heavy atom. The van der Waals surface area contributed by atoms with Gasteiger partial charge in [0.15, 0.2) is 0 Å². The molecule has 2 heterocycles. The molecule has 1 saturated carbocycles. The lowest BCUT2D eigenvalue weighted by atomic mass is 9.71. The first kappa shape index (κ1) is 16.0. The second-order valence-electron chi connectivity index (χ2n) is 7.16. The number of aromatic nitrogens is 1. The lowest BCUT2D eigenvalue weighted by Crippen LogP contribution is -2.49. The quantitative estimate of drug-likeness (QED) is 0.790. The van der Waals surface area contributed by atoms with Crippen molar-refractivity contribution in [1.82, 2.24) is 9.88 Å². The van der Waals surface area contributed by atoms with E-state index >= 15 is 0 Å². The number of carboxylic acid groups (broad SMARTS) is 1. The first-order valence-electron chi connectivity index (χ1n) is 8.47. The van der Waals surface area contributed by atoms with Gasteiger partial charge in [0, 0.05) is 5.39 Å². The summed E-state index contributed by atoms with van der Waals surface area (Å²) >= 11 is 0. The Morgan fingerprint density at radius 1 is 1.52 bits per heavy atom. The van der Waals surface area contributed by atoms with E-state index in [0.29, 0.717) is 19.0 Å². The molecule has 1 aliphatic carbocycles. The van der Waals surface area contributed by atoms with Gasteiger partial charge in [0.1, 0.15) is 11.3 Å². The molecular weight excluding hydrogens is 322 g/mol. The summed E-state index contributed by atoms with van der Waals surface area (Å²) in [5, 5.41) is 10.0. The summed E-state index contributed by atoms with van der Waals surface area (Å²) in [4.78, 5) is 28.3. The highest BCUT2D eigenvalue weighted by Crippen LogP contribution is 2.46. The number of amides is 1. The number of rotatable bonds is 4. The number of aromatic carboxylic acids is 1. The molecule has 2 aliphatic rings. The molecule has 25 heavy (non-hydrogen) atoms. The van der Waals surface area contributed by atoms with Crippen molar-refractivity contribution in [2.24, 2.45) is 11.7 Å². The van der Waals surface area contributed by atoms with E-state index in [1.54, 1.807) is 11.0 Å². The van der Waals surface area contributed by atoms with Crippen molar-refractivity contribution in [3.8, 4) is 0 Å². The van der Waals surface area contributed by atoms with Gasteiger partial charge in [0.2, 0.25) is 0 Å². The van der Waals surface area contributed by atoms with E-state index in [1.165, 1.54) is 0 Å². The zero-order chi connectivity index (χ0) is 17.8. The smallest absolute Gasteiger partial charge is 0.411 e. The van der Waals surface area contributed by atoms with Gasteiger partial charge in [-0.15, -0.1) is 0 Å². The van der Waals surface area contributed by atoms with Crippen molar-refractivity contribution in [3.63, 3.8) is 0 Å². The first-order valence-corrected chi connectivity index (χ1v) is 8.47. The second kappa shape index (κ2) is 5.49. The number of hydrogen-bond donors (Lipinski definition) is 3. The number of H-pyrrole nitrogens is 1. The molecule has 0 unspecified atom stereocenters. The van der Waals surface area contributed by atoms with E-state index < -0.39 is 11.6 Å². The molecule has 0 radical (unpaired) electrons. The molecule has 2 fully saturated rings. The third kappa shape index (κ3) is 2.46. The predicted octanol–water partition coefficient (Wildman–Crippen LogP) is 2.49. The fraction of sp³-hybridized carbons (Fsp3) is 0.444. The van der Waals surface area contributed by atoms with Crippen molar-refractivity contribution in [2.75, 3.05) is 13.1 Å². The summed E-state index contributed by atoms with van der Waals surface area (Å²) in [7, 11) is 0. The monoisotopic (exact) mass is 343 g/mol. The molecule has 2 aromatic rings. The molecule has 0 bridgehead atoms. The molecule has 1 spiro atoms. The summed E-state index contributed by atoms with van der Waals surface area (Å²) < 4.78 is 5.65. The van der Waals surface area contributed by atoms with Crippen LogP contribution in [-0.2, 0) is 4.74 Å². The topological polar surface area (TPSA) is 109 Å². The maximum Gasteiger partial charge on any atom is 0.411 e. The van der Waals surface area contributed by atoms with Crippen molar-refractivity contribution in [1.29, 1.82) is 0 Å². The first-order chi connectivity index (χ1) is 11.9. The second-order valence-corrected chi connectivity index (χ2v) is 7.16. The molecule has 4 rings (SSSR count). The van der Waals surface area contributed by atoms with Gasteiger partial charge >= 0.3 is 12.1 Å². The van der Waals surface area contributed by atoms with Crippen molar-refractivity contribution in [3.05, 3.63) is 35.5 Å². The molecule has 1 amide bonds. The number of ether oxygens (including phenoxy) is 1. The third-order valence-electron chi connectivity index (χ3n) is 5.49. The van der Waals surface area contributed by atoms with Crippen LogP contribution in [0.25, 0.3) is 10.9 Å². The SMILES string of the molecule is C[C@@H](c1cccc2cc(C(=O)O)[nH]c12)N1CC2(CC(CN)C2)OC1=O. The molecule has 1 aromatic carbocycles. The van der Waals surface area contributed by atoms with Gasteiger partial charge in [0.25, 0.3) is 0 Å². The zero-order valence-corrected chi connectivity index (χ0v) is 14.0. The van der Waals surface area contributed by atoms with E-state index in [4.69, 9.17) is 10.5 Å². The minimum atomic E-state index is -1.00. The van der Waals surface area contributed by atoms with E-state index in [0.717, 1.165) is 29.3 Å². The summed E-state index contributed by atoms with van der Waals surface area (Å²) in [6.07, 6.45) is 1.31. The van der Waals surface area contributed by atoms with Crippen LogP contribution < -0.4 is 5.73 Å². The van der Waals surface area contributed by atoms with Crippen molar-refractivity contribution in [2.45, 2.75) is 31.4 Å². The average molecular weight is 343 g/mol. The lowest BCUT2D eigenvalue weighted by Gasteiger charge is -2.42. The summed E-state index contributed by atoms with van der Waals surface area (Å²) in [5.41, 5.74) is 7.06. The predicted molar refractivity (Wildman–Crippen MR) is 91.4 cm³/mol. The number of benzene rings is 1. The summed E-state index contributed by atoms with van der Waals surface area (Å²) in [5.74, 6) is -0.579. The van der Waals surface area contributed by atoms with E-state index in [-0.39, 0.29) is 17.8 Å². The minimum absolute atomic E-state index is 0.139. The Morgan fingerprint density at radius 3 is 2.96 bits per heavy atom. The van der Waals surface area contributed by atoms with Crippen LogP contribution in [0.1, 0.15) is 41.9 Å². The molecule has 7 nitrogen and oxygen atoms in total. The number of carbonyl (C=O) groups is 2. The average Bonchev–Trinajstić information content (AvgIpc) is 3.13. The van der Waals surface area contributed by atoms with Crippen molar-refractivity contribution >= 4 is 23.0 Å². The number of nitrogens with zero attached hydrogens (tertiary/aromatic N) is 1. The molecule has 7 heteroatoms. The van der Waals surface area contributed by atoms with Gasteiger partial charge in [-0.1, -0.05) is 18.2 Å². The number of nitrogens with one attached hydrogen (secondary N) is 1. The maximum absolute atomic E-state index is 12.4. The normalized spacial score (nSPS) is 26.7. The minimum Gasteiger partial charge on any atom is -0.477 e. The number of para-hydroxylation sites is 1. The fourth-order valence-electron chi connectivity index (χ4n) is 4.13. The third-order valence-corrected chi connectivity index (χ3v) is 5.49. The van der Waals surface area contributed by atoms with Crippen LogP contribution in [0.15, 0.2) is 24.3 Å². The highest BCUT2D eigenvalue weighted by atomic mass is 16.6. The van der Waals surface area contributed by atoms with E-state index in [9.17, 15) is 14.7 Å². The Labute approximate surface area is 144 Å². The lowest BCUT2D eigenvalue weighted by molar-refractivity contribution is -0.0439. The summed E-state index contributed by atoms with van der Waals surface area (Å²) in [6.45, 7) is 3.11. The standard InChI is InChI=1S/C18H21N3O4/c1-10(21-9-18(25-17(21)24)6-11(7-18)8-19)13-4-2-3-12-5-14(16(22)23)20-15(12)13/h2-5,10-11,20H,6-9,19H2,1H3,(H,22,23)/t10-,11?,18?/m0/s1. The summed E-state index contributed by atoms with van der Waals surface area (Å²) in [6, 6.07) is 7.04. The van der Waals surface area contributed by atoms with Crippen LogP contribution in [0.4, 0.5) is 4.79 Å². The molecule has 1 saturated heterocycles. The van der Waals surface area contributed by atoms with Crippen LogP contribution >= 0.6 is 0 Å². The number of hydrogen-bond acceptors (Lipinski definition) is 4.